The number of likely N-dealkylation sites (tertiary alicyclic amines) is 1. The molecule has 0 saturated carbocycles. The number of hydrogen-bond donors (Lipinski definition) is 2. The highest BCUT2D eigenvalue weighted by Gasteiger charge is 2.24. The normalized spacial score (nSPS) is 21.7. The molecule has 4 heteroatoms. The number of ether oxygens (including phenoxy) is 1. The Morgan fingerprint density at radius 3 is 2.44 bits per heavy atom. The summed E-state index contributed by atoms with van der Waals surface area (Å²) in [4.78, 5) is 1.41. The van der Waals surface area contributed by atoms with Gasteiger partial charge in [0, 0.05) is 0 Å². The summed E-state index contributed by atoms with van der Waals surface area (Å²) >= 11 is 0. The smallest absolute Gasteiger partial charge is 0.165 e. The van der Waals surface area contributed by atoms with Crippen LogP contribution in [0.1, 0.15) is 18.4 Å². The van der Waals surface area contributed by atoms with E-state index in [1.165, 1.54) is 29.4 Å². The molecule has 3 nitrogen and oxygen atoms in total. The van der Waals surface area contributed by atoms with Crippen LogP contribution in [0, 0.1) is 11.7 Å². The van der Waals surface area contributed by atoms with Crippen LogP contribution in [-0.2, 0) is 6.42 Å². The van der Waals surface area contributed by atoms with Crippen LogP contribution in [-0.4, -0.2) is 37.5 Å². The van der Waals surface area contributed by atoms with Gasteiger partial charge in [-0.2, -0.15) is 0 Å². The van der Waals surface area contributed by atoms with Crippen LogP contribution in [0.15, 0.2) is 54.6 Å². The largest absolute Gasteiger partial charge is 0.488 e. The molecule has 1 atom stereocenters. The number of aliphatic hydroxyl groups is 1. The van der Waals surface area contributed by atoms with E-state index >= 15 is 0 Å². The Balaban J connectivity index is 1.37. The van der Waals surface area contributed by atoms with E-state index in [1.807, 2.05) is 0 Å². The number of quaternary nitrogens is 1. The number of aliphatic hydroxyl groups excluding tert-OH is 1. The Morgan fingerprint density at radius 2 is 1.72 bits per heavy atom. The van der Waals surface area contributed by atoms with Gasteiger partial charge >= 0.3 is 0 Å². The summed E-state index contributed by atoms with van der Waals surface area (Å²) in [5, 5.41) is 10.2. The average molecular weight is 344 g/mol. The van der Waals surface area contributed by atoms with Crippen LogP contribution in [0.4, 0.5) is 4.39 Å². The van der Waals surface area contributed by atoms with Crippen molar-refractivity contribution < 1.29 is 19.1 Å². The SMILES string of the molecule is O[C@@H](COc1ccccc1F)C[NH+]1CCC(Cc2ccccc2)CC1. The van der Waals surface area contributed by atoms with E-state index in [1.54, 1.807) is 18.2 Å². The van der Waals surface area contributed by atoms with Gasteiger partial charge in [0.2, 0.25) is 0 Å². The maximum absolute atomic E-state index is 13.5. The number of benzene rings is 2. The van der Waals surface area contributed by atoms with Gasteiger partial charge in [-0.25, -0.2) is 4.39 Å². The molecular weight excluding hydrogens is 317 g/mol. The first-order valence-electron chi connectivity index (χ1n) is 9.13. The number of nitrogens with one attached hydrogen (secondary N) is 1. The molecule has 0 amide bonds. The van der Waals surface area contributed by atoms with Crippen molar-refractivity contribution in [2.24, 2.45) is 5.92 Å². The van der Waals surface area contributed by atoms with E-state index in [0.29, 0.717) is 6.54 Å². The van der Waals surface area contributed by atoms with E-state index in [9.17, 15) is 9.50 Å². The van der Waals surface area contributed by atoms with Crippen LogP contribution in [0.5, 0.6) is 5.75 Å². The minimum atomic E-state index is -0.569. The molecule has 1 heterocycles. The van der Waals surface area contributed by atoms with Crippen LogP contribution >= 0.6 is 0 Å². The monoisotopic (exact) mass is 344 g/mol. The van der Waals surface area contributed by atoms with Gasteiger partial charge in [0.15, 0.2) is 11.6 Å². The van der Waals surface area contributed by atoms with E-state index < -0.39 is 6.10 Å². The lowest BCUT2D eigenvalue weighted by molar-refractivity contribution is -0.909. The lowest BCUT2D eigenvalue weighted by Crippen LogP contribution is -3.14. The molecule has 2 aromatic rings. The molecule has 1 saturated heterocycles. The number of para-hydroxylation sites is 1. The van der Waals surface area contributed by atoms with Crippen molar-refractivity contribution in [1.29, 1.82) is 0 Å². The standard InChI is InChI=1S/C21H26FNO2/c22-20-8-4-5-9-21(20)25-16-19(24)15-23-12-10-18(11-13-23)14-17-6-2-1-3-7-17/h1-9,18-19,24H,10-16H2/p+1/t19-/m1/s1. The molecule has 0 bridgehead atoms. The highest BCUT2D eigenvalue weighted by Crippen LogP contribution is 2.17. The Labute approximate surface area is 149 Å². The molecule has 0 radical (unpaired) electrons. The van der Waals surface area contributed by atoms with Gasteiger partial charge in [-0.15, -0.1) is 0 Å². The lowest BCUT2D eigenvalue weighted by atomic mass is 9.90. The zero-order chi connectivity index (χ0) is 17.5. The molecule has 2 N–H and O–H groups in total. The second kappa shape index (κ2) is 8.97. The molecule has 1 fully saturated rings. The minimum absolute atomic E-state index is 0.137. The maximum Gasteiger partial charge on any atom is 0.165 e. The van der Waals surface area contributed by atoms with E-state index in [0.717, 1.165) is 25.4 Å². The van der Waals surface area contributed by atoms with Crippen LogP contribution in [0.25, 0.3) is 0 Å². The van der Waals surface area contributed by atoms with Crippen molar-refractivity contribution in [2.75, 3.05) is 26.2 Å². The summed E-state index contributed by atoms with van der Waals surface area (Å²) in [5.41, 5.74) is 1.41. The number of hydrogen-bond acceptors (Lipinski definition) is 2. The third-order valence-corrected chi connectivity index (χ3v) is 4.97. The molecule has 25 heavy (non-hydrogen) atoms. The van der Waals surface area contributed by atoms with Crippen molar-refractivity contribution in [3.05, 3.63) is 66.0 Å². The van der Waals surface area contributed by atoms with Gasteiger partial charge in [0.05, 0.1) is 13.1 Å². The van der Waals surface area contributed by atoms with Crippen molar-refractivity contribution in [1.82, 2.24) is 0 Å². The molecular formula is C21H27FNO2+. The second-order valence-corrected chi connectivity index (χ2v) is 6.98. The molecule has 2 aromatic carbocycles. The summed E-state index contributed by atoms with van der Waals surface area (Å²) in [7, 11) is 0. The number of halogens is 1. The Morgan fingerprint density at radius 1 is 1.04 bits per heavy atom. The van der Waals surface area contributed by atoms with E-state index in [2.05, 4.69) is 30.3 Å². The van der Waals surface area contributed by atoms with Crippen LogP contribution < -0.4 is 9.64 Å². The summed E-state index contributed by atoms with van der Waals surface area (Å²) in [6.45, 7) is 2.95. The van der Waals surface area contributed by atoms with Crippen molar-refractivity contribution in [2.45, 2.75) is 25.4 Å². The third-order valence-electron chi connectivity index (χ3n) is 4.97. The van der Waals surface area contributed by atoms with Crippen molar-refractivity contribution in [3.8, 4) is 5.75 Å². The van der Waals surface area contributed by atoms with Gasteiger partial charge in [-0.3, -0.25) is 0 Å². The first-order chi connectivity index (χ1) is 12.2. The summed E-state index contributed by atoms with van der Waals surface area (Å²) in [6, 6.07) is 17.0. The highest BCUT2D eigenvalue weighted by molar-refractivity contribution is 5.23. The van der Waals surface area contributed by atoms with Gasteiger partial charge < -0.3 is 14.7 Å². The van der Waals surface area contributed by atoms with Crippen LogP contribution in [0.2, 0.25) is 0 Å². The van der Waals surface area contributed by atoms with E-state index in [4.69, 9.17) is 4.74 Å². The molecule has 0 aliphatic carbocycles. The first-order valence-corrected chi connectivity index (χ1v) is 9.13. The minimum Gasteiger partial charge on any atom is -0.488 e. The van der Waals surface area contributed by atoms with Gasteiger partial charge in [0.25, 0.3) is 0 Å². The predicted molar refractivity (Wildman–Crippen MR) is 96.3 cm³/mol. The van der Waals surface area contributed by atoms with Gasteiger partial charge in [-0.1, -0.05) is 42.5 Å². The zero-order valence-electron chi connectivity index (χ0n) is 14.5. The second-order valence-electron chi connectivity index (χ2n) is 6.98. The Hall–Kier alpha value is -1.91. The fraction of sp³-hybridized carbons (Fsp3) is 0.429. The summed E-state index contributed by atoms with van der Waals surface area (Å²) < 4.78 is 18.9. The average Bonchev–Trinajstić information content (AvgIpc) is 2.64. The Kier molecular flexibility index (Phi) is 6.42. The number of piperidine rings is 1. The highest BCUT2D eigenvalue weighted by atomic mass is 19.1. The first kappa shape index (κ1) is 17.9. The van der Waals surface area contributed by atoms with Crippen molar-refractivity contribution >= 4 is 0 Å². The fourth-order valence-corrected chi connectivity index (χ4v) is 3.58. The maximum atomic E-state index is 13.5. The molecule has 1 aliphatic heterocycles. The molecule has 3 rings (SSSR count). The van der Waals surface area contributed by atoms with E-state index in [-0.39, 0.29) is 18.2 Å². The van der Waals surface area contributed by atoms with Crippen molar-refractivity contribution in [3.63, 3.8) is 0 Å². The molecule has 0 aromatic heterocycles. The quantitative estimate of drug-likeness (QED) is 0.807. The summed E-state index contributed by atoms with van der Waals surface area (Å²) in [6.07, 6.45) is 2.95. The predicted octanol–water partition coefficient (Wildman–Crippen LogP) is 2.10. The molecule has 1 aliphatic rings. The third kappa shape index (κ3) is 5.55. The van der Waals surface area contributed by atoms with Crippen LogP contribution in [0.3, 0.4) is 0 Å². The molecule has 0 spiro atoms. The van der Waals surface area contributed by atoms with Gasteiger partial charge in [0.1, 0.15) is 19.3 Å². The Bertz CT molecular complexity index is 641. The number of rotatable bonds is 7. The topological polar surface area (TPSA) is 33.9 Å². The molecule has 0 unspecified atom stereocenters. The zero-order valence-corrected chi connectivity index (χ0v) is 14.5. The lowest BCUT2D eigenvalue weighted by Gasteiger charge is -2.30. The van der Waals surface area contributed by atoms with Gasteiger partial charge in [-0.05, 0) is 42.9 Å². The fourth-order valence-electron chi connectivity index (χ4n) is 3.58. The summed E-state index contributed by atoms with van der Waals surface area (Å²) in [5.74, 6) is 0.555. The molecule has 134 valence electrons.